The van der Waals surface area contributed by atoms with Gasteiger partial charge in [-0.3, -0.25) is 19.4 Å². The summed E-state index contributed by atoms with van der Waals surface area (Å²) >= 11 is 7.00. The third-order valence-electron chi connectivity index (χ3n) is 8.35. The maximum atomic E-state index is 13.4. The number of hydrogen-bond donors (Lipinski definition) is 2. The molecular formula is C27H30ClF3N4O4S. The highest BCUT2D eigenvalue weighted by Crippen LogP contribution is 2.54. The lowest BCUT2D eigenvalue weighted by Crippen LogP contribution is -2.64. The molecule has 2 aliphatic heterocycles. The van der Waals surface area contributed by atoms with Gasteiger partial charge in [-0.1, -0.05) is 31.5 Å². The first-order valence-electron chi connectivity index (χ1n) is 13.0. The highest BCUT2D eigenvalue weighted by atomic mass is 35.5. The molecule has 1 spiro atoms. The smallest absolute Gasteiger partial charge is 0.391 e. The number of aliphatic hydroxyl groups excluding tert-OH is 1. The third-order valence-corrected chi connectivity index (χ3v) is 9.43. The standard InChI is InChI=1S/C27H30ClF3N4O4S/c1-25(2)7-18(25)23(38)35-12-26(13-35)11-34(24(39)21-9-32-14-40-21)10-19(26)22(37)33-8-16(36)5-15-3-4-17(20(28)6-15)27(29,30)31/h3-4,6,9,14,16,18-19,36H,5,7-8,10-13H2,1-2H3,(H,33,37)/t16?,18-,19?/m1/s1. The molecule has 2 saturated heterocycles. The number of nitrogens with zero attached hydrogens (tertiary/aromatic N) is 3. The van der Waals surface area contributed by atoms with Gasteiger partial charge in [-0.2, -0.15) is 13.2 Å². The predicted molar refractivity (Wildman–Crippen MR) is 142 cm³/mol. The van der Waals surface area contributed by atoms with Crippen molar-refractivity contribution in [1.29, 1.82) is 0 Å². The van der Waals surface area contributed by atoms with E-state index in [1.54, 1.807) is 15.3 Å². The van der Waals surface area contributed by atoms with Crippen LogP contribution in [0.3, 0.4) is 0 Å². The molecule has 3 amide bonds. The largest absolute Gasteiger partial charge is 0.417 e. The minimum Gasteiger partial charge on any atom is -0.391 e. The van der Waals surface area contributed by atoms with E-state index in [2.05, 4.69) is 24.1 Å². The first-order chi connectivity index (χ1) is 18.7. The SMILES string of the molecule is CC1(C)C[C@@H]1C(=O)N1CC2(CN(C(=O)c3cncs3)CC2C(=O)NCC(O)Cc2ccc(C(F)(F)F)c(Cl)c2)C1. The Kier molecular flexibility index (Phi) is 7.41. The zero-order valence-corrected chi connectivity index (χ0v) is 23.6. The number of aromatic nitrogens is 1. The number of benzene rings is 1. The molecule has 1 aliphatic carbocycles. The maximum absolute atomic E-state index is 13.4. The molecule has 2 unspecified atom stereocenters. The van der Waals surface area contributed by atoms with Crippen molar-refractivity contribution in [3.05, 3.63) is 50.9 Å². The number of hydrogen-bond acceptors (Lipinski definition) is 6. The number of nitrogens with one attached hydrogen (secondary N) is 1. The highest BCUT2D eigenvalue weighted by molar-refractivity contribution is 7.11. The number of thiazole rings is 1. The van der Waals surface area contributed by atoms with Crippen molar-refractivity contribution in [2.45, 2.75) is 39.0 Å². The van der Waals surface area contributed by atoms with Crippen molar-refractivity contribution in [1.82, 2.24) is 20.1 Å². The van der Waals surface area contributed by atoms with Crippen molar-refractivity contribution >= 4 is 40.7 Å². The van der Waals surface area contributed by atoms with Gasteiger partial charge in [-0.15, -0.1) is 11.3 Å². The van der Waals surface area contributed by atoms with Gasteiger partial charge in [0.15, 0.2) is 0 Å². The second-order valence-corrected chi connectivity index (χ2v) is 13.1. The number of rotatable bonds is 7. The highest BCUT2D eigenvalue weighted by Gasteiger charge is 2.61. The van der Waals surface area contributed by atoms with Gasteiger partial charge in [-0.05, 0) is 29.5 Å². The zero-order valence-electron chi connectivity index (χ0n) is 22.0. The summed E-state index contributed by atoms with van der Waals surface area (Å²) in [7, 11) is 0. The lowest BCUT2D eigenvalue weighted by Gasteiger charge is -2.50. The number of aliphatic hydroxyl groups is 1. The van der Waals surface area contributed by atoms with Crippen LogP contribution in [0.2, 0.25) is 5.02 Å². The summed E-state index contributed by atoms with van der Waals surface area (Å²) in [6.07, 6.45) is -3.34. The molecule has 8 nitrogen and oxygen atoms in total. The molecule has 13 heteroatoms. The molecular weight excluding hydrogens is 569 g/mol. The minimum atomic E-state index is -4.58. The first-order valence-corrected chi connectivity index (χ1v) is 14.2. The van der Waals surface area contributed by atoms with Gasteiger partial charge in [0.05, 0.1) is 34.3 Å². The molecule has 5 rings (SSSR count). The number of carbonyl (C=O) groups is 3. The van der Waals surface area contributed by atoms with Crippen LogP contribution in [0, 0.1) is 22.7 Å². The summed E-state index contributed by atoms with van der Waals surface area (Å²) in [5.41, 5.74) is 0.395. The number of amides is 3. The number of likely N-dealkylation sites (tertiary alicyclic amines) is 2. The Bertz CT molecular complexity index is 1310. The molecule has 1 aromatic carbocycles. The first kappa shape index (κ1) is 28.8. The van der Waals surface area contributed by atoms with Crippen LogP contribution in [0.1, 0.15) is 41.1 Å². The molecule has 0 radical (unpaired) electrons. The van der Waals surface area contributed by atoms with E-state index in [-0.39, 0.29) is 48.6 Å². The third kappa shape index (κ3) is 5.58. The molecule has 3 heterocycles. The second kappa shape index (κ2) is 10.3. The van der Waals surface area contributed by atoms with Gasteiger partial charge < -0.3 is 20.2 Å². The maximum Gasteiger partial charge on any atom is 0.417 e. The van der Waals surface area contributed by atoms with Crippen molar-refractivity contribution in [3.63, 3.8) is 0 Å². The van der Waals surface area contributed by atoms with Crippen molar-refractivity contribution in [2.75, 3.05) is 32.7 Å². The van der Waals surface area contributed by atoms with Crippen LogP contribution >= 0.6 is 22.9 Å². The summed E-state index contributed by atoms with van der Waals surface area (Å²) in [6.45, 7) is 5.21. The average molecular weight is 599 g/mol. The Balaban J connectivity index is 1.23. The topological polar surface area (TPSA) is 103 Å². The molecule has 3 atom stereocenters. The molecule has 2 aromatic rings. The van der Waals surface area contributed by atoms with Crippen molar-refractivity contribution in [3.8, 4) is 0 Å². The summed E-state index contributed by atoms with van der Waals surface area (Å²) in [5, 5.41) is 12.8. The summed E-state index contributed by atoms with van der Waals surface area (Å²) < 4.78 is 38.9. The Morgan fingerprint density at radius 1 is 1.20 bits per heavy atom. The van der Waals surface area contributed by atoms with E-state index < -0.39 is 34.2 Å². The van der Waals surface area contributed by atoms with E-state index in [0.29, 0.717) is 30.1 Å². The minimum absolute atomic E-state index is 0.0105. The second-order valence-electron chi connectivity index (χ2n) is 11.8. The molecule has 3 fully saturated rings. The monoisotopic (exact) mass is 598 g/mol. The van der Waals surface area contributed by atoms with Gasteiger partial charge in [-0.25, -0.2) is 0 Å². The van der Waals surface area contributed by atoms with E-state index in [1.807, 2.05) is 0 Å². The normalized spacial score (nSPS) is 23.6. The van der Waals surface area contributed by atoms with Crippen LogP contribution in [-0.2, 0) is 22.2 Å². The van der Waals surface area contributed by atoms with E-state index >= 15 is 0 Å². The van der Waals surface area contributed by atoms with Gasteiger partial charge in [0.25, 0.3) is 5.91 Å². The fourth-order valence-corrected chi connectivity index (χ4v) is 6.76. The Morgan fingerprint density at radius 3 is 2.45 bits per heavy atom. The Hall–Kier alpha value is -2.70. The lowest BCUT2D eigenvalue weighted by molar-refractivity contribution is -0.151. The summed E-state index contributed by atoms with van der Waals surface area (Å²) in [6, 6.07) is 3.27. The van der Waals surface area contributed by atoms with Crippen LogP contribution in [0.5, 0.6) is 0 Å². The zero-order chi connectivity index (χ0) is 29.0. The Labute approximate surface area is 238 Å². The van der Waals surface area contributed by atoms with Gasteiger partial charge in [0, 0.05) is 50.5 Å². The van der Waals surface area contributed by atoms with E-state index in [9.17, 15) is 32.7 Å². The van der Waals surface area contributed by atoms with Crippen LogP contribution in [0.25, 0.3) is 0 Å². The van der Waals surface area contributed by atoms with Crippen molar-refractivity contribution in [2.24, 2.45) is 22.7 Å². The van der Waals surface area contributed by atoms with Crippen LogP contribution < -0.4 is 5.32 Å². The van der Waals surface area contributed by atoms with Gasteiger partial charge in [0.1, 0.15) is 4.88 Å². The average Bonchev–Trinajstić information content (AvgIpc) is 3.24. The van der Waals surface area contributed by atoms with Crippen LogP contribution in [0.15, 0.2) is 29.9 Å². The number of carbonyl (C=O) groups excluding carboxylic acids is 3. The number of halogens is 4. The molecule has 1 aromatic heterocycles. The Morgan fingerprint density at radius 2 is 1.88 bits per heavy atom. The van der Waals surface area contributed by atoms with E-state index in [0.717, 1.165) is 18.6 Å². The number of alkyl halides is 3. The fraction of sp³-hybridized carbons (Fsp3) is 0.556. The van der Waals surface area contributed by atoms with Gasteiger partial charge >= 0.3 is 6.18 Å². The summed E-state index contributed by atoms with van der Waals surface area (Å²) in [4.78, 5) is 47.2. The van der Waals surface area contributed by atoms with Gasteiger partial charge in [0.2, 0.25) is 11.8 Å². The molecule has 216 valence electrons. The fourth-order valence-electron chi connectivity index (χ4n) is 5.86. The molecule has 1 saturated carbocycles. The van der Waals surface area contributed by atoms with Crippen LogP contribution in [-0.4, -0.2) is 76.4 Å². The lowest BCUT2D eigenvalue weighted by atomic mass is 9.71. The summed E-state index contributed by atoms with van der Waals surface area (Å²) in [5.74, 6) is -1.10. The van der Waals surface area contributed by atoms with E-state index in [4.69, 9.17) is 11.6 Å². The predicted octanol–water partition coefficient (Wildman–Crippen LogP) is 3.48. The van der Waals surface area contributed by atoms with Crippen molar-refractivity contribution < 1.29 is 32.7 Å². The molecule has 40 heavy (non-hydrogen) atoms. The van der Waals surface area contributed by atoms with E-state index in [1.165, 1.54) is 23.6 Å². The quantitative estimate of drug-likeness (QED) is 0.508. The molecule has 0 bridgehead atoms. The van der Waals surface area contributed by atoms with Crippen LogP contribution in [0.4, 0.5) is 13.2 Å². The molecule has 3 aliphatic rings. The molecule has 2 N–H and O–H groups in total.